The Kier molecular flexibility index (Phi) is 3.84. The molecule has 0 spiro atoms. The van der Waals surface area contributed by atoms with Crippen LogP contribution in [0.5, 0.6) is 0 Å². The van der Waals surface area contributed by atoms with Crippen molar-refractivity contribution in [3.8, 4) is 12.3 Å². The summed E-state index contributed by atoms with van der Waals surface area (Å²) >= 11 is 1.68. The average molecular weight is 370 g/mol. The van der Waals surface area contributed by atoms with Crippen molar-refractivity contribution in [3.63, 3.8) is 0 Å². The van der Waals surface area contributed by atoms with Crippen molar-refractivity contribution in [2.75, 3.05) is 0 Å². The topological polar surface area (TPSA) is 34.9 Å². The highest BCUT2D eigenvalue weighted by atomic mass is 32.1. The first-order chi connectivity index (χ1) is 13.3. The third-order valence-corrected chi connectivity index (χ3v) is 6.57. The second kappa shape index (κ2) is 6.37. The molecule has 0 radical (unpaired) electrons. The lowest BCUT2D eigenvalue weighted by Crippen LogP contribution is -2.25. The molecular weight excluding hydrogens is 352 g/mol. The van der Waals surface area contributed by atoms with Crippen LogP contribution in [0.1, 0.15) is 28.2 Å². The molecule has 5 rings (SSSR count). The van der Waals surface area contributed by atoms with Crippen LogP contribution in [0.25, 0.3) is 21.0 Å². The summed E-state index contributed by atoms with van der Waals surface area (Å²) in [5.74, 6) is 3.39. The Morgan fingerprint density at radius 2 is 2.00 bits per heavy atom. The normalized spacial score (nSPS) is 13.1. The molecule has 0 amide bonds. The maximum Gasteiger partial charge on any atom is 0.263 e. The van der Waals surface area contributed by atoms with E-state index in [0.717, 1.165) is 40.9 Å². The highest BCUT2D eigenvalue weighted by Crippen LogP contribution is 2.35. The highest BCUT2D eigenvalue weighted by Gasteiger charge is 2.23. The lowest BCUT2D eigenvalue weighted by Gasteiger charge is -2.12. The molecule has 0 N–H and O–H groups in total. The predicted molar refractivity (Wildman–Crippen MR) is 111 cm³/mol. The van der Waals surface area contributed by atoms with Gasteiger partial charge in [0.25, 0.3) is 5.56 Å². The first-order valence-corrected chi connectivity index (χ1v) is 10.0. The fourth-order valence-electron chi connectivity index (χ4n) is 4.13. The van der Waals surface area contributed by atoms with Crippen LogP contribution in [-0.4, -0.2) is 9.55 Å². The van der Waals surface area contributed by atoms with E-state index in [1.54, 1.807) is 15.9 Å². The Labute approximate surface area is 161 Å². The van der Waals surface area contributed by atoms with Crippen molar-refractivity contribution < 1.29 is 0 Å². The molecule has 2 aromatic carbocycles. The van der Waals surface area contributed by atoms with Crippen LogP contribution in [0, 0.1) is 12.3 Å². The molecule has 2 aromatic heterocycles. The summed E-state index contributed by atoms with van der Waals surface area (Å²) in [5.41, 5.74) is 2.39. The van der Waals surface area contributed by atoms with Gasteiger partial charge in [0.15, 0.2) is 0 Å². The van der Waals surface area contributed by atoms with Crippen molar-refractivity contribution in [2.24, 2.45) is 0 Å². The molecule has 0 atom stereocenters. The third kappa shape index (κ3) is 2.58. The first-order valence-electron chi connectivity index (χ1n) is 9.20. The molecule has 27 heavy (non-hydrogen) atoms. The van der Waals surface area contributed by atoms with Gasteiger partial charge >= 0.3 is 0 Å². The molecule has 0 aliphatic heterocycles. The number of terminal acetylenes is 1. The van der Waals surface area contributed by atoms with E-state index in [1.807, 2.05) is 12.1 Å². The van der Waals surface area contributed by atoms with Gasteiger partial charge in [0.2, 0.25) is 0 Å². The average Bonchev–Trinajstić information content (AvgIpc) is 3.26. The van der Waals surface area contributed by atoms with Crippen molar-refractivity contribution in [1.29, 1.82) is 0 Å². The Morgan fingerprint density at radius 3 is 2.89 bits per heavy atom. The number of aromatic nitrogens is 2. The van der Waals surface area contributed by atoms with Gasteiger partial charge in [0.1, 0.15) is 10.7 Å². The summed E-state index contributed by atoms with van der Waals surface area (Å²) in [6, 6.07) is 14.6. The Bertz CT molecular complexity index is 1280. The number of hydrogen-bond acceptors (Lipinski definition) is 3. The molecule has 4 aromatic rings. The van der Waals surface area contributed by atoms with Gasteiger partial charge in [-0.25, -0.2) is 4.98 Å². The van der Waals surface area contributed by atoms with Gasteiger partial charge in [-0.1, -0.05) is 48.4 Å². The molecule has 0 fully saturated rings. The van der Waals surface area contributed by atoms with E-state index in [2.05, 4.69) is 36.3 Å². The number of benzene rings is 2. The summed E-state index contributed by atoms with van der Waals surface area (Å²) in [6.07, 6.45) is 9.34. The fourth-order valence-corrected chi connectivity index (χ4v) is 5.40. The van der Waals surface area contributed by atoms with Gasteiger partial charge in [-0.15, -0.1) is 17.8 Å². The minimum Gasteiger partial charge on any atom is -0.284 e. The molecule has 132 valence electrons. The number of nitrogens with zero attached hydrogens (tertiary/aromatic N) is 2. The standard InChI is InChI=1S/C23H18N2OS/c1-2-13-25-20(14-16-9-5-8-15-7-3-4-10-17(15)16)24-22-21(23(25)26)18-11-6-12-19(18)27-22/h1,3-5,7-10H,6,11-14H2. The Balaban J connectivity index is 1.72. The minimum absolute atomic E-state index is 0.0209. The van der Waals surface area contributed by atoms with Crippen LogP contribution in [-0.2, 0) is 25.8 Å². The van der Waals surface area contributed by atoms with E-state index in [1.165, 1.54) is 21.2 Å². The summed E-state index contributed by atoms with van der Waals surface area (Å²) < 4.78 is 1.69. The number of rotatable bonds is 3. The molecule has 0 unspecified atom stereocenters. The Morgan fingerprint density at radius 1 is 1.15 bits per heavy atom. The number of thiophene rings is 1. The van der Waals surface area contributed by atoms with E-state index in [4.69, 9.17) is 11.4 Å². The smallest absolute Gasteiger partial charge is 0.263 e. The van der Waals surface area contributed by atoms with Crippen LogP contribution in [0.2, 0.25) is 0 Å². The molecular formula is C23H18N2OS. The molecule has 1 aliphatic rings. The van der Waals surface area contributed by atoms with Crippen molar-refractivity contribution in [3.05, 3.63) is 74.6 Å². The fraction of sp³-hybridized carbons (Fsp3) is 0.217. The monoisotopic (exact) mass is 370 g/mol. The number of aryl methyl sites for hydroxylation is 2. The zero-order valence-electron chi connectivity index (χ0n) is 14.9. The van der Waals surface area contributed by atoms with Crippen LogP contribution >= 0.6 is 11.3 Å². The molecule has 0 saturated heterocycles. The van der Waals surface area contributed by atoms with Crippen LogP contribution < -0.4 is 5.56 Å². The second-order valence-corrected chi connectivity index (χ2v) is 8.06. The zero-order valence-corrected chi connectivity index (χ0v) is 15.7. The quantitative estimate of drug-likeness (QED) is 0.503. The lowest BCUT2D eigenvalue weighted by atomic mass is 10.0. The largest absolute Gasteiger partial charge is 0.284 e. The molecule has 2 heterocycles. The zero-order chi connectivity index (χ0) is 18.4. The molecule has 4 heteroatoms. The summed E-state index contributed by atoms with van der Waals surface area (Å²) in [4.78, 5) is 20.3. The lowest BCUT2D eigenvalue weighted by molar-refractivity contribution is 0.721. The molecule has 1 aliphatic carbocycles. The van der Waals surface area contributed by atoms with Gasteiger partial charge in [0.05, 0.1) is 11.9 Å². The van der Waals surface area contributed by atoms with Gasteiger partial charge < -0.3 is 0 Å². The van der Waals surface area contributed by atoms with Gasteiger partial charge in [-0.3, -0.25) is 9.36 Å². The summed E-state index contributed by atoms with van der Waals surface area (Å²) in [5, 5.41) is 3.18. The second-order valence-electron chi connectivity index (χ2n) is 6.98. The van der Waals surface area contributed by atoms with Gasteiger partial charge in [-0.05, 0) is 41.2 Å². The van der Waals surface area contributed by atoms with Crippen molar-refractivity contribution in [1.82, 2.24) is 9.55 Å². The number of fused-ring (bicyclic) bond motifs is 4. The SMILES string of the molecule is C#CCn1c(Cc2cccc3ccccc23)nc2sc3c(c2c1=O)CCC3. The van der Waals surface area contributed by atoms with E-state index in [9.17, 15) is 4.79 Å². The molecule has 3 nitrogen and oxygen atoms in total. The summed E-state index contributed by atoms with van der Waals surface area (Å²) in [6.45, 7) is 0.256. The molecule has 0 saturated carbocycles. The van der Waals surface area contributed by atoms with Crippen LogP contribution in [0.3, 0.4) is 0 Å². The predicted octanol–water partition coefficient (Wildman–Crippen LogP) is 4.32. The minimum atomic E-state index is 0.0209. The summed E-state index contributed by atoms with van der Waals surface area (Å²) in [7, 11) is 0. The van der Waals surface area contributed by atoms with Crippen molar-refractivity contribution >= 4 is 32.3 Å². The maximum atomic E-state index is 13.2. The highest BCUT2D eigenvalue weighted by molar-refractivity contribution is 7.18. The van der Waals surface area contributed by atoms with Gasteiger partial charge in [-0.2, -0.15) is 0 Å². The van der Waals surface area contributed by atoms with Crippen LogP contribution in [0.4, 0.5) is 0 Å². The van der Waals surface area contributed by atoms with Gasteiger partial charge in [0, 0.05) is 11.3 Å². The van der Waals surface area contributed by atoms with E-state index >= 15 is 0 Å². The molecule has 0 bridgehead atoms. The van der Waals surface area contributed by atoms with Crippen LogP contribution in [0.15, 0.2) is 47.3 Å². The van der Waals surface area contributed by atoms with E-state index in [-0.39, 0.29) is 12.1 Å². The van der Waals surface area contributed by atoms with Crippen molar-refractivity contribution in [2.45, 2.75) is 32.2 Å². The van der Waals surface area contributed by atoms with E-state index in [0.29, 0.717) is 6.42 Å². The van der Waals surface area contributed by atoms with E-state index < -0.39 is 0 Å². The third-order valence-electron chi connectivity index (χ3n) is 5.38. The first kappa shape index (κ1) is 16.3. The number of hydrogen-bond donors (Lipinski definition) is 0. The Hall–Kier alpha value is -2.90. The maximum absolute atomic E-state index is 13.2.